The van der Waals surface area contributed by atoms with Gasteiger partial charge in [-0.05, 0) is 18.6 Å². The minimum Gasteiger partial charge on any atom is -0.482 e. The predicted octanol–water partition coefficient (Wildman–Crippen LogP) is 3.52. The molecule has 4 heteroatoms. The van der Waals surface area contributed by atoms with E-state index in [0.717, 1.165) is 23.0 Å². The minimum absolute atomic E-state index is 0.519. The molecule has 18 heavy (non-hydrogen) atoms. The molecule has 0 radical (unpaired) electrons. The van der Waals surface area contributed by atoms with Crippen molar-refractivity contribution < 1.29 is 4.74 Å². The van der Waals surface area contributed by atoms with Crippen LogP contribution in [0.2, 0.25) is 0 Å². The molecule has 98 valence electrons. The van der Waals surface area contributed by atoms with E-state index in [2.05, 4.69) is 9.97 Å². The van der Waals surface area contributed by atoms with Gasteiger partial charge in [0.1, 0.15) is 6.61 Å². The molecule has 0 unspecified atom stereocenters. The molecule has 0 amide bonds. The first-order valence-electron chi connectivity index (χ1n) is 6.46. The Morgan fingerprint density at radius 1 is 1.17 bits per heavy atom. The second-order valence-electron chi connectivity index (χ2n) is 3.34. The Bertz CT molecular complexity index is 492. The first-order valence-corrected chi connectivity index (χ1v) is 6.46. The van der Waals surface area contributed by atoms with Gasteiger partial charge in [-0.1, -0.05) is 27.7 Å². The van der Waals surface area contributed by atoms with Crippen LogP contribution in [0.15, 0.2) is 24.7 Å². The van der Waals surface area contributed by atoms with Crippen molar-refractivity contribution in [3.05, 3.63) is 36.0 Å². The zero-order chi connectivity index (χ0) is 13.5. The molecular formula is C14H21N3O. The molecule has 0 bridgehead atoms. The highest BCUT2D eigenvalue weighted by Gasteiger charge is 2.17. The van der Waals surface area contributed by atoms with Crippen LogP contribution >= 0.6 is 0 Å². The third-order valence-corrected chi connectivity index (χ3v) is 2.27. The number of nitrogens with zero attached hydrogens (tertiary/aromatic N) is 3. The van der Waals surface area contributed by atoms with Crippen molar-refractivity contribution in [2.24, 2.45) is 0 Å². The van der Waals surface area contributed by atoms with Gasteiger partial charge >= 0.3 is 0 Å². The van der Waals surface area contributed by atoms with Crippen LogP contribution in [0.1, 0.15) is 39.1 Å². The number of aromatic nitrogens is 3. The van der Waals surface area contributed by atoms with Gasteiger partial charge in [0, 0.05) is 18.6 Å². The molecule has 3 heterocycles. The largest absolute Gasteiger partial charge is 0.482 e. The topological polar surface area (TPSA) is 39.9 Å². The molecule has 0 N–H and O–H groups in total. The maximum Gasteiger partial charge on any atom is 0.181 e. The number of imidazole rings is 1. The van der Waals surface area contributed by atoms with Crippen molar-refractivity contribution in [3.8, 4) is 11.6 Å². The average molecular weight is 247 g/mol. The summed E-state index contributed by atoms with van der Waals surface area (Å²) in [5.74, 6) is 2.55. The summed E-state index contributed by atoms with van der Waals surface area (Å²) in [7, 11) is 0. The van der Waals surface area contributed by atoms with Gasteiger partial charge in [0.05, 0.1) is 0 Å². The standard InChI is InChI=1S/C10H9N3O.2C2H6/c1-7-4-8-10(12-5-7)13-3-2-11-9(13)6-14-8;2*1-2/h2-5H,6H2,1H3;2*1-2H3. The van der Waals surface area contributed by atoms with Gasteiger partial charge in [-0.2, -0.15) is 0 Å². The van der Waals surface area contributed by atoms with Crippen molar-refractivity contribution in [2.75, 3.05) is 0 Å². The lowest BCUT2D eigenvalue weighted by atomic mass is 10.3. The fraction of sp³-hybridized carbons (Fsp3) is 0.429. The first kappa shape index (κ1) is 14.2. The molecule has 2 aromatic rings. The van der Waals surface area contributed by atoms with E-state index < -0.39 is 0 Å². The Morgan fingerprint density at radius 2 is 1.89 bits per heavy atom. The summed E-state index contributed by atoms with van der Waals surface area (Å²) in [6, 6.07) is 1.99. The maximum absolute atomic E-state index is 5.54. The molecule has 2 aromatic heterocycles. The molecule has 0 atom stereocenters. The van der Waals surface area contributed by atoms with Gasteiger partial charge in [0.2, 0.25) is 0 Å². The van der Waals surface area contributed by atoms with E-state index >= 15 is 0 Å². The number of fused-ring (bicyclic) bond motifs is 3. The number of rotatable bonds is 0. The van der Waals surface area contributed by atoms with Gasteiger partial charge in [-0.15, -0.1) is 0 Å². The normalized spacial score (nSPS) is 10.7. The van der Waals surface area contributed by atoms with E-state index in [0.29, 0.717) is 6.61 Å². The summed E-state index contributed by atoms with van der Waals surface area (Å²) >= 11 is 0. The zero-order valence-electron chi connectivity index (χ0n) is 11.8. The molecule has 1 aliphatic heterocycles. The summed E-state index contributed by atoms with van der Waals surface area (Å²) in [5.41, 5.74) is 1.10. The monoisotopic (exact) mass is 247 g/mol. The van der Waals surface area contributed by atoms with E-state index in [4.69, 9.17) is 4.74 Å². The SMILES string of the molecule is CC.CC.Cc1cnc2c(c1)OCc1nccn1-2. The van der Waals surface area contributed by atoms with E-state index in [1.807, 2.05) is 57.6 Å². The molecule has 0 spiro atoms. The molecule has 0 saturated heterocycles. The molecule has 3 rings (SSSR count). The van der Waals surface area contributed by atoms with Crippen molar-refractivity contribution >= 4 is 0 Å². The van der Waals surface area contributed by atoms with Crippen LogP contribution in [0, 0.1) is 6.92 Å². The van der Waals surface area contributed by atoms with Gasteiger partial charge < -0.3 is 4.74 Å². The van der Waals surface area contributed by atoms with Crippen molar-refractivity contribution in [1.82, 2.24) is 14.5 Å². The molecule has 0 aromatic carbocycles. The van der Waals surface area contributed by atoms with Crippen molar-refractivity contribution in [2.45, 2.75) is 41.2 Å². The fourth-order valence-corrected chi connectivity index (χ4v) is 1.60. The first-order chi connectivity index (χ1) is 8.84. The van der Waals surface area contributed by atoms with Crippen molar-refractivity contribution in [3.63, 3.8) is 0 Å². The summed E-state index contributed by atoms with van der Waals surface area (Å²) in [6.45, 7) is 10.5. The Morgan fingerprint density at radius 3 is 2.61 bits per heavy atom. The van der Waals surface area contributed by atoms with Gasteiger partial charge in [0.15, 0.2) is 17.4 Å². The average Bonchev–Trinajstić information content (AvgIpc) is 2.91. The second-order valence-corrected chi connectivity index (χ2v) is 3.34. The van der Waals surface area contributed by atoms with Crippen LogP contribution in [-0.2, 0) is 6.61 Å². The Kier molecular flexibility index (Phi) is 5.36. The lowest BCUT2D eigenvalue weighted by molar-refractivity contribution is 0.277. The lowest BCUT2D eigenvalue weighted by Crippen LogP contribution is -2.14. The Balaban J connectivity index is 0.000000371. The number of pyridine rings is 1. The highest BCUT2D eigenvalue weighted by Crippen LogP contribution is 2.27. The number of hydrogen-bond donors (Lipinski definition) is 0. The summed E-state index contributed by atoms with van der Waals surface area (Å²) in [6.07, 6.45) is 5.49. The van der Waals surface area contributed by atoms with Crippen LogP contribution < -0.4 is 4.74 Å². The van der Waals surface area contributed by atoms with Crippen molar-refractivity contribution in [1.29, 1.82) is 0 Å². The fourth-order valence-electron chi connectivity index (χ4n) is 1.60. The van der Waals surface area contributed by atoms with E-state index in [9.17, 15) is 0 Å². The maximum atomic E-state index is 5.54. The number of aryl methyl sites for hydroxylation is 1. The number of hydrogen-bond acceptors (Lipinski definition) is 3. The Hall–Kier alpha value is -1.84. The van der Waals surface area contributed by atoms with Gasteiger partial charge in [0.25, 0.3) is 0 Å². The predicted molar refractivity (Wildman–Crippen MR) is 73.1 cm³/mol. The smallest absolute Gasteiger partial charge is 0.181 e. The molecule has 0 aliphatic carbocycles. The van der Waals surface area contributed by atoms with E-state index in [-0.39, 0.29) is 0 Å². The number of ether oxygens (including phenoxy) is 1. The van der Waals surface area contributed by atoms with Crippen LogP contribution in [0.25, 0.3) is 5.82 Å². The third kappa shape index (κ3) is 2.70. The zero-order valence-corrected chi connectivity index (χ0v) is 11.8. The minimum atomic E-state index is 0.519. The molecule has 0 fully saturated rings. The summed E-state index contributed by atoms with van der Waals surface area (Å²) in [5, 5.41) is 0. The van der Waals surface area contributed by atoms with Crippen LogP contribution in [0.4, 0.5) is 0 Å². The van der Waals surface area contributed by atoms with Gasteiger partial charge in [-0.25, -0.2) is 9.97 Å². The highest BCUT2D eigenvalue weighted by molar-refractivity contribution is 5.44. The van der Waals surface area contributed by atoms with Crippen LogP contribution in [0.3, 0.4) is 0 Å². The molecule has 0 saturated carbocycles. The Labute approximate surface area is 109 Å². The van der Waals surface area contributed by atoms with E-state index in [1.165, 1.54) is 0 Å². The molecular weight excluding hydrogens is 226 g/mol. The summed E-state index contributed by atoms with van der Waals surface area (Å²) < 4.78 is 7.50. The quantitative estimate of drug-likeness (QED) is 0.715. The highest BCUT2D eigenvalue weighted by atomic mass is 16.5. The molecule has 4 nitrogen and oxygen atoms in total. The van der Waals surface area contributed by atoms with Gasteiger partial charge in [-0.3, -0.25) is 4.57 Å². The summed E-state index contributed by atoms with van der Waals surface area (Å²) in [4.78, 5) is 8.51. The third-order valence-electron chi connectivity index (χ3n) is 2.27. The van der Waals surface area contributed by atoms with E-state index in [1.54, 1.807) is 6.20 Å². The second kappa shape index (κ2) is 6.79. The van der Waals surface area contributed by atoms with Crippen LogP contribution in [0.5, 0.6) is 5.75 Å². The lowest BCUT2D eigenvalue weighted by Gasteiger charge is -2.18. The van der Waals surface area contributed by atoms with Crippen LogP contribution in [-0.4, -0.2) is 14.5 Å². The molecule has 1 aliphatic rings.